The summed E-state index contributed by atoms with van der Waals surface area (Å²) in [4.78, 5) is 16.4. The number of pyridine rings is 1. The van der Waals surface area contributed by atoms with Gasteiger partial charge in [-0.2, -0.15) is 0 Å². The van der Waals surface area contributed by atoms with Crippen molar-refractivity contribution in [2.75, 3.05) is 0 Å². The molecule has 2 aromatic carbocycles. The summed E-state index contributed by atoms with van der Waals surface area (Å²) in [6.45, 7) is 2.14. The van der Waals surface area contributed by atoms with Crippen LogP contribution in [0.1, 0.15) is 24.1 Å². The Labute approximate surface area is 157 Å². The molecule has 1 heterocycles. The number of carbonyl (C=O) groups is 1. The molecule has 2 N–H and O–H groups in total. The van der Waals surface area contributed by atoms with Gasteiger partial charge < -0.3 is 15.4 Å². The molecule has 5 nitrogen and oxygen atoms in total. The number of aromatic nitrogens is 1. The van der Waals surface area contributed by atoms with Crippen molar-refractivity contribution < 1.29 is 13.9 Å². The van der Waals surface area contributed by atoms with Gasteiger partial charge in [-0.25, -0.2) is 14.2 Å². The Kier molecular flexibility index (Phi) is 5.99. The van der Waals surface area contributed by atoms with E-state index in [2.05, 4.69) is 15.6 Å². The van der Waals surface area contributed by atoms with Crippen molar-refractivity contribution in [1.29, 1.82) is 0 Å². The monoisotopic (exact) mass is 365 g/mol. The van der Waals surface area contributed by atoms with Crippen LogP contribution in [0.5, 0.6) is 11.6 Å². The van der Waals surface area contributed by atoms with Gasteiger partial charge in [0.05, 0.1) is 6.04 Å². The average molecular weight is 365 g/mol. The van der Waals surface area contributed by atoms with Gasteiger partial charge in [0, 0.05) is 24.4 Å². The number of nitrogens with one attached hydrogen (secondary N) is 2. The third-order valence-corrected chi connectivity index (χ3v) is 3.95. The fraction of sp³-hybridized carbons (Fsp3) is 0.143. The molecule has 27 heavy (non-hydrogen) atoms. The summed E-state index contributed by atoms with van der Waals surface area (Å²) >= 11 is 0. The molecule has 0 saturated carbocycles. The van der Waals surface area contributed by atoms with E-state index < -0.39 is 5.82 Å². The Morgan fingerprint density at radius 3 is 2.70 bits per heavy atom. The lowest BCUT2D eigenvalue weighted by atomic mass is 10.1. The number of halogens is 1. The Morgan fingerprint density at radius 2 is 1.93 bits per heavy atom. The van der Waals surface area contributed by atoms with E-state index in [0.717, 1.165) is 5.56 Å². The third-order valence-electron chi connectivity index (χ3n) is 3.95. The minimum atomic E-state index is -0.391. The maximum atomic E-state index is 13.3. The van der Waals surface area contributed by atoms with Gasteiger partial charge >= 0.3 is 6.03 Å². The number of ether oxygens (including phenoxy) is 1. The van der Waals surface area contributed by atoms with Crippen LogP contribution < -0.4 is 15.4 Å². The minimum Gasteiger partial charge on any atom is -0.439 e. The fourth-order valence-electron chi connectivity index (χ4n) is 2.54. The fourth-order valence-corrected chi connectivity index (χ4v) is 2.54. The summed E-state index contributed by atoms with van der Waals surface area (Å²) in [6, 6.07) is 18.6. The number of nitrogens with zero attached hydrogens (tertiary/aromatic N) is 1. The van der Waals surface area contributed by atoms with Crippen LogP contribution in [0.3, 0.4) is 0 Å². The average Bonchev–Trinajstić information content (AvgIpc) is 2.68. The van der Waals surface area contributed by atoms with E-state index >= 15 is 0 Å². The summed E-state index contributed by atoms with van der Waals surface area (Å²) in [7, 11) is 0. The molecule has 0 aliphatic heterocycles. The van der Waals surface area contributed by atoms with Crippen LogP contribution in [0.15, 0.2) is 72.9 Å². The Bertz CT molecular complexity index is 903. The zero-order valence-electron chi connectivity index (χ0n) is 14.9. The Hall–Kier alpha value is -3.41. The number of rotatable bonds is 6. The minimum absolute atomic E-state index is 0.122. The lowest BCUT2D eigenvalue weighted by molar-refractivity contribution is 0.237. The van der Waals surface area contributed by atoms with Crippen LogP contribution in [-0.2, 0) is 6.54 Å². The molecule has 0 aliphatic rings. The maximum Gasteiger partial charge on any atom is 0.315 e. The van der Waals surface area contributed by atoms with Crippen LogP contribution in [-0.4, -0.2) is 11.0 Å². The number of urea groups is 1. The molecule has 1 unspecified atom stereocenters. The highest BCUT2D eigenvalue weighted by atomic mass is 19.1. The van der Waals surface area contributed by atoms with E-state index in [9.17, 15) is 9.18 Å². The second-order valence-corrected chi connectivity index (χ2v) is 5.99. The number of benzene rings is 2. The van der Waals surface area contributed by atoms with Gasteiger partial charge in [0.2, 0.25) is 5.88 Å². The van der Waals surface area contributed by atoms with Crippen LogP contribution in [0, 0.1) is 5.82 Å². The van der Waals surface area contributed by atoms with E-state index in [1.165, 1.54) is 12.1 Å². The molecular weight excluding hydrogens is 345 g/mol. The Morgan fingerprint density at radius 1 is 1.11 bits per heavy atom. The Balaban J connectivity index is 1.60. The van der Waals surface area contributed by atoms with Crippen molar-refractivity contribution >= 4 is 6.03 Å². The second-order valence-electron chi connectivity index (χ2n) is 5.99. The predicted octanol–water partition coefficient (Wildman–Crippen LogP) is 4.57. The summed E-state index contributed by atoms with van der Waals surface area (Å²) in [5, 5.41) is 5.68. The largest absolute Gasteiger partial charge is 0.439 e. The van der Waals surface area contributed by atoms with Crippen LogP contribution in [0.4, 0.5) is 9.18 Å². The molecule has 2 amide bonds. The zero-order valence-corrected chi connectivity index (χ0v) is 14.9. The normalized spacial score (nSPS) is 11.5. The van der Waals surface area contributed by atoms with E-state index in [0.29, 0.717) is 17.2 Å². The summed E-state index contributed by atoms with van der Waals surface area (Å²) < 4.78 is 19.0. The first-order valence-corrected chi connectivity index (χ1v) is 8.58. The van der Waals surface area contributed by atoms with Crippen molar-refractivity contribution in [3.63, 3.8) is 0 Å². The highest BCUT2D eigenvalue weighted by Crippen LogP contribution is 2.23. The third kappa shape index (κ3) is 5.28. The smallest absolute Gasteiger partial charge is 0.315 e. The van der Waals surface area contributed by atoms with Crippen molar-refractivity contribution in [2.24, 2.45) is 0 Å². The maximum absolute atomic E-state index is 13.3. The van der Waals surface area contributed by atoms with Crippen LogP contribution >= 0.6 is 0 Å². The van der Waals surface area contributed by atoms with Gasteiger partial charge in [-0.3, -0.25) is 0 Å². The molecule has 138 valence electrons. The number of hydrogen-bond acceptors (Lipinski definition) is 3. The van der Waals surface area contributed by atoms with Crippen molar-refractivity contribution in [3.8, 4) is 11.6 Å². The van der Waals surface area contributed by atoms with E-state index in [4.69, 9.17) is 4.74 Å². The molecule has 1 atom stereocenters. The molecule has 3 rings (SSSR count). The molecule has 0 fully saturated rings. The van der Waals surface area contributed by atoms with Gasteiger partial charge in [0.15, 0.2) is 0 Å². The molecule has 0 bridgehead atoms. The van der Waals surface area contributed by atoms with Crippen LogP contribution in [0.25, 0.3) is 0 Å². The number of hydrogen-bond donors (Lipinski definition) is 2. The number of carbonyl (C=O) groups excluding carboxylic acids is 1. The summed E-state index contributed by atoms with van der Waals surface area (Å²) in [6.07, 6.45) is 1.58. The topological polar surface area (TPSA) is 63.2 Å². The van der Waals surface area contributed by atoms with Crippen molar-refractivity contribution in [2.45, 2.75) is 19.5 Å². The molecule has 0 radical (unpaired) electrons. The SMILES string of the molecule is CC(NC(=O)NCc1cccnc1Oc1cccc(F)c1)c1ccccc1. The highest BCUT2D eigenvalue weighted by Gasteiger charge is 2.11. The number of amides is 2. The molecular formula is C21H20FN3O2. The van der Waals surface area contributed by atoms with E-state index in [-0.39, 0.29) is 18.6 Å². The lowest BCUT2D eigenvalue weighted by Gasteiger charge is -2.15. The highest BCUT2D eigenvalue weighted by molar-refractivity contribution is 5.74. The molecule has 0 saturated heterocycles. The van der Waals surface area contributed by atoms with Gasteiger partial charge in [-0.1, -0.05) is 42.5 Å². The molecule has 0 spiro atoms. The molecule has 0 aliphatic carbocycles. The lowest BCUT2D eigenvalue weighted by Crippen LogP contribution is -2.36. The first-order valence-electron chi connectivity index (χ1n) is 8.58. The van der Waals surface area contributed by atoms with Gasteiger partial charge in [-0.05, 0) is 30.7 Å². The first-order chi connectivity index (χ1) is 13.1. The molecule has 3 aromatic rings. The standard InChI is InChI=1S/C21H20FN3O2/c1-15(16-7-3-2-4-8-16)25-21(26)24-14-17-9-6-12-23-20(17)27-19-11-5-10-18(22)13-19/h2-13,15H,14H2,1H3,(H2,24,25,26). The van der Waals surface area contributed by atoms with E-state index in [1.54, 1.807) is 30.5 Å². The summed E-state index contributed by atoms with van der Waals surface area (Å²) in [5.74, 6) is 0.272. The van der Waals surface area contributed by atoms with Crippen molar-refractivity contribution in [3.05, 3.63) is 89.9 Å². The van der Waals surface area contributed by atoms with Gasteiger partial charge in [-0.15, -0.1) is 0 Å². The van der Waals surface area contributed by atoms with E-state index in [1.807, 2.05) is 37.3 Å². The second kappa shape index (κ2) is 8.80. The van der Waals surface area contributed by atoms with Gasteiger partial charge in [0.1, 0.15) is 11.6 Å². The molecule has 1 aromatic heterocycles. The summed E-state index contributed by atoms with van der Waals surface area (Å²) in [5.41, 5.74) is 1.70. The zero-order chi connectivity index (χ0) is 19.1. The quantitative estimate of drug-likeness (QED) is 0.672. The predicted molar refractivity (Wildman–Crippen MR) is 101 cm³/mol. The van der Waals surface area contributed by atoms with Gasteiger partial charge in [0.25, 0.3) is 0 Å². The molecule has 6 heteroatoms. The van der Waals surface area contributed by atoms with Crippen LogP contribution in [0.2, 0.25) is 0 Å². The first kappa shape index (κ1) is 18.4. The van der Waals surface area contributed by atoms with Crippen molar-refractivity contribution in [1.82, 2.24) is 15.6 Å².